The number of hydrogen-bond donors (Lipinski definition) is 1. The Morgan fingerprint density at radius 2 is 1.97 bits per heavy atom. The SMILES string of the molecule is CCSc1nc2n(n1)C(c1ccc(OCc3cccc(C)c3)cc1)C1=C(CC(C)(C)CC1=O)N2. The van der Waals surface area contributed by atoms with Crippen molar-refractivity contribution >= 4 is 23.5 Å². The number of ketones is 1. The standard InChI is InChI=1S/C27H30N4O2S/c1-5-34-26-29-25-28-21-14-27(3,4)15-22(32)23(21)24(31(25)30-26)19-9-11-20(12-10-19)33-16-18-8-6-7-17(2)13-18/h6-13,24H,5,14-16H2,1-4H3,(H,28,29,30). The second-order valence-electron chi connectivity index (χ2n) is 9.80. The maximum Gasteiger partial charge on any atom is 0.227 e. The molecular weight excluding hydrogens is 444 g/mol. The van der Waals surface area contributed by atoms with E-state index in [1.807, 2.05) is 35.0 Å². The van der Waals surface area contributed by atoms with E-state index in [9.17, 15) is 4.79 Å². The number of aromatic nitrogens is 3. The Bertz CT molecular complexity index is 1260. The zero-order valence-corrected chi connectivity index (χ0v) is 20.9. The first kappa shape index (κ1) is 22.7. The average molecular weight is 475 g/mol. The molecule has 0 radical (unpaired) electrons. The number of fused-ring (bicyclic) bond motifs is 1. The first-order chi connectivity index (χ1) is 16.3. The van der Waals surface area contributed by atoms with Gasteiger partial charge in [0.05, 0.1) is 0 Å². The van der Waals surface area contributed by atoms with Gasteiger partial charge in [-0.2, -0.15) is 4.98 Å². The van der Waals surface area contributed by atoms with Crippen LogP contribution in [0.2, 0.25) is 0 Å². The fourth-order valence-corrected chi connectivity index (χ4v) is 5.36. The van der Waals surface area contributed by atoms with E-state index in [0.717, 1.165) is 45.5 Å². The minimum Gasteiger partial charge on any atom is -0.489 e. The summed E-state index contributed by atoms with van der Waals surface area (Å²) in [5.74, 6) is 2.56. The highest BCUT2D eigenvalue weighted by molar-refractivity contribution is 7.99. The maximum atomic E-state index is 13.3. The molecule has 0 fully saturated rings. The minimum atomic E-state index is -0.292. The molecule has 2 aromatic carbocycles. The highest BCUT2D eigenvalue weighted by atomic mass is 32.2. The average Bonchev–Trinajstić information content (AvgIpc) is 3.18. The Balaban J connectivity index is 1.46. The molecule has 1 aliphatic carbocycles. The number of nitrogens with zero attached hydrogens (tertiary/aromatic N) is 3. The van der Waals surface area contributed by atoms with Crippen LogP contribution in [0.25, 0.3) is 0 Å². The number of nitrogens with one attached hydrogen (secondary N) is 1. The highest BCUT2D eigenvalue weighted by Crippen LogP contribution is 2.45. The zero-order chi connectivity index (χ0) is 23.9. The molecule has 1 aromatic heterocycles. The van der Waals surface area contributed by atoms with Gasteiger partial charge in [-0.3, -0.25) is 4.79 Å². The third-order valence-corrected chi connectivity index (χ3v) is 6.99. The van der Waals surface area contributed by atoms with Gasteiger partial charge in [0.25, 0.3) is 0 Å². The molecule has 7 heteroatoms. The first-order valence-electron chi connectivity index (χ1n) is 11.7. The van der Waals surface area contributed by atoms with Gasteiger partial charge in [0.15, 0.2) is 5.78 Å². The molecule has 6 nitrogen and oxygen atoms in total. The Kier molecular flexibility index (Phi) is 5.98. The smallest absolute Gasteiger partial charge is 0.227 e. The molecule has 2 aliphatic rings. The summed E-state index contributed by atoms with van der Waals surface area (Å²) in [7, 11) is 0. The van der Waals surface area contributed by atoms with Crippen LogP contribution in [-0.4, -0.2) is 26.3 Å². The van der Waals surface area contributed by atoms with Crippen molar-refractivity contribution in [3.63, 3.8) is 0 Å². The van der Waals surface area contributed by atoms with Crippen LogP contribution in [-0.2, 0) is 11.4 Å². The number of aryl methyl sites for hydroxylation is 1. The third-order valence-electron chi connectivity index (χ3n) is 6.27. The molecular formula is C27H30N4O2S. The van der Waals surface area contributed by atoms with E-state index in [-0.39, 0.29) is 17.2 Å². The minimum absolute atomic E-state index is 0.0792. The fourth-order valence-electron chi connectivity index (χ4n) is 4.80. The summed E-state index contributed by atoms with van der Waals surface area (Å²) in [6.07, 6.45) is 1.34. The predicted octanol–water partition coefficient (Wildman–Crippen LogP) is 5.94. The zero-order valence-electron chi connectivity index (χ0n) is 20.1. The molecule has 3 aromatic rings. The van der Waals surface area contributed by atoms with Gasteiger partial charge in [-0.05, 0) is 47.8 Å². The first-order valence-corrected chi connectivity index (χ1v) is 12.7. The second-order valence-corrected chi connectivity index (χ2v) is 11.0. The monoisotopic (exact) mass is 474 g/mol. The van der Waals surface area contributed by atoms with Crippen LogP contribution in [0.5, 0.6) is 5.75 Å². The quantitative estimate of drug-likeness (QED) is 0.446. The van der Waals surface area contributed by atoms with Crippen molar-refractivity contribution in [3.05, 3.63) is 76.5 Å². The summed E-state index contributed by atoms with van der Waals surface area (Å²) in [5.41, 5.74) is 5.06. The van der Waals surface area contributed by atoms with Crippen LogP contribution in [0.4, 0.5) is 5.95 Å². The number of carbonyl (C=O) groups is 1. The van der Waals surface area contributed by atoms with Gasteiger partial charge in [-0.15, -0.1) is 5.10 Å². The molecule has 34 heavy (non-hydrogen) atoms. The Hall–Kier alpha value is -3.06. The summed E-state index contributed by atoms with van der Waals surface area (Å²) in [5, 5.41) is 8.91. The van der Waals surface area contributed by atoms with E-state index in [2.05, 4.69) is 51.2 Å². The number of hydrogen-bond acceptors (Lipinski definition) is 6. The largest absolute Gasteiger partial charge is 0.489 e. The highest BCUT2D eigenvalue weighted by Gasteiger charge is 2.41. The van der Waals surface area contributed by atoms with Gasteiger partial charge in [0.1, 0.15) is 18.4 Å². The molecule has 1 N–H and O–H groups in total. The Morgan fingerprint density at radius 1 is 1.18 bits per heavy atom. The predicted molar refractivity (Wildman–Crippen MR) is 135 cm³/mol. The number of rotatable bonds is 6. The van der Waals surface area contributed by atoms with Crippen LogP contribution < -0.4 is 10.1 Å². The molecule has 176 valence electrons. The van der Waals surface area contributed by atoms with Crippen molar-refractivity contribution in [1.82, 2.24) is 14.8 Å². The van der Waals surface area contributed by atoms with Crippen molar-refractivity contribution in [3.8, 4) is 5.75 Å². The molecule has 0 amide bonds. The lowest BCUT2D eigenvalue weighted by molar-refractivity contribution is -0.118. The topological polar surface area (TPSA) is 69.0 Å². The number of carbonyl (C=O) groups excluding carboxylic acids is 1. The number of Topliss-reactive ketones (excluding diaryl/α,β-unsaturated/α-hetero) is 1. The van der Waals surface area contributed by atoms with Gasteiger partial charge in [0, 0.05) is 17.7 Å². The van der Waals surface area contributed by atoms with Gasteiger partial charge >= 0.3 is 0 Å². The number of allylic oxidation sites excluding steroid dienone is 2. The molecule has 1 aliphatic heterocycles. The lowest BCUT2D eigenvalue weighted by Gasteiger charge is -2.38. The molecule has 1 atom stereocenters. The van der Waals surface area contributed by atoms with E-state index < -0.39 is 0 Å². The van der Waals surface area contributed by atoms with Crippen molar-refractivity contribution in [2.24, 2.45) is 5.41 Å². The van der Waals surface area contributed by atoms with E-state index in [0.29, 0.717) is 19.0 Å². The van der Waals surface area contributed by atoms with Crippen LogP contribution in [0, 0.1) is 12.3 Å². The number of thioether (sulfide) groups is 1. The number of anilines is 1. The van der Waals surface area contributed by atoms with Gasteiger partial charge in [-0.25, -0.2) is 4.68 Å². The van der Waals surface area contributed by atoms with Crippen LogP contribution in [0.1, 0.15) is 56.3 Å². The molecule has 5 rings (SSSR count). The number of benzene rings is 2. The third kappa shape index (κ3) is 4.49. The van der Waals surface area contributed by atoms with Crippen molar-refractivity contribution in [1.29, 1.82) is 0 Å². The van der Waals surface area contributed by atoms with E-state index in [1.165, 1.54) is 5.56 Å². The maximum absolute atomic E-state index is 13.3. The van der Waals surface area contributed by atoms with Crippen molar-refractivity contribution in [2.75, 3.05) is 11.1 Å². The normalized spacial score (nSPS) is 18.8. The van der Waals surface area contributed by atoms with Crippen LogP contribution >= 0.6 is 11.8 Å². The van der Waals surface area contributed by atoms with Crippen LogP contribution in [0.3, 0.4) is 0 Å². The van der Waals surface area contributed by atoms with Crippen LogP contribution in [0.15, 0.2) is 65.0 Å². The second kappa shape index (κ2) is 8.95. The molecule has 0 bridgehead atoms. The van der Waals surface area contributed by atoms with E-state index in [1.54, 1.807) is 11.8 Å². The van der Waals surface area contributed by atoms with E-state index >= 15 is 0 Å². The number of ether oxygens (including phenoxy) is 1. The summed E-state index contributed by atoms with van der Waals surface area (Å²) in [6.45, 7) is 8.96. The summed E-state index contributed by atoms with van der Waals surface area (Å²) in [6, 6.07) is 16.1. The molecule has 1 unspecified atom stereocenters. The Morgan fingerprint density at radius 3 is 2.71 bits per heavy atom. The summed E-state index contributed by atoms with van der Waals surface area (Å²) >= 11 is 1.60. The molecule has 0 saturated heterocycles. The van der Waals surface area contributed by atoms with Gasteiger partial charge in [-0.1, -0.05) is 74.5 Å². The fraction of sp³-hybridized carbons (Fsp3) is 0.370. The van der Waals surface area contributed by atoms with Crippen molar-refractivity contribution < 1.29 is 9.53 Å². The molecule has 0 saturated carbocycles. The molecule has 0 spiro atoms. The molecule has 2 heterocycles. The van der Waals surface area contributed by atoms with Gasteiger partial charge < -0.3 is 10.1 Å². The summed E-state index contributed by atoms with van der Waals surface area (Å²) < 4.78 is 7.89. The lowest BCUT2D eigenvalue weighted by Crippen LogP contribution is -2.36. The van der Waals surface area contributed by atoms with Crippen molar-refractivity contribution in [2.45, 2.75) is 58.3 Å². The summed E-state index contributed by atoms with van der Waals surface area (Å²) in [4.78, 5) is 18.0. The Labute approximate surface area is 204 Å². The van der Waals surface area contributed by atoms with Gasteiger partial charge in [0.2, 0.25) is 11.1 Å². The lowest BCUT2D eigenvalue weighted by atomic mass is 9.73. The van der Waals surface area contributed by atoms with E-state index in [4.69, 9.17) is 14.8 Å².